The second-order valence-corrected chi connectivity index (χ2v) is 9.67. The number of carbonyl (C=O) groups is 1. The summed E-state index contributed by atoms with van der Waals surface area (Å²) >= 11 is 0. The number of rotatable bonds is 4. The van der Waals surface area contributed by atoms with Gasteiger partial charge in [-0.15, -0.1) is 0 Å². The van der Waals surface area contributed by atoms with Crippen molar-refractivity contribution in [1.82, 2.24) is 9.62 Å². The van der Waals surface area contributed by atoms with Crippen molar-refractivity contribution in [2.24, 2.45) is 23.7 Å². The van der Waals surface area contributed by atoms with E-state index in [0.717, 1.165) is 18.4 Å². The monoisotopic (exact) mass is 348 g/mol. The summed E-state index contributed by atoms with van der Waals surface area (Å²) in [6.07, 6.45) is 1.89. The van der Waals surface area contributed by atoms with Crippen molar-refractivity contribution in [2.45, 2.75) is 37.6 Å². The highest BCUT2D eigenvalue weighted by Crippen LogP contribution is 2.44. The molecule has 1 N–H and O–H groups in total. The van der Waals surface area contributed by atoms with Crippen molar-refractivity contribution in [3.8, 4) is 0 Å². The average Bonchev–Trinajstić information content (AvgIpc) is 3.15. The van der Waals surface area contributed by atoms with Crippen molar-refractivity contribution in [3.63, 3.8) is 0 Å². The standard InChI is InChI=1S/C18H24N2O3S/c1-11-3-5-14(6-4-11)24(22,23)20-9-13-8-17(16(13)10-20)19-18(21)15-7-12(15)2/h3-6,12-13,15-17H,7-10H2,1-2H3,(H,19,21)/t12-,13-,15+,16+,17+/m1/s1. The topological polar surface area (TPSA) is 66.5 Å². The van der Waals surface area contributed by atoms with Crippen LogP contribution in [0, 0.1) is 30.6 Å². The lowest BCUT2D eigenvalue weighted by molar-refractivity contribution is -0.124. The molecule has 1 heterocycles. The molecule has 0 spiro atoms. The van der Waals surface area contributed by atoms with Crippen LogP contribution in [0.4, 0.5) is 0 Å². The van der Waals surface area contributed by atoms with E-state index in [1.54, 1.807) is 16.4 Å². The molecule has 1 aromatic carbocycles. The Bertz CT molecular complexity index is 759. The van der Waals surface area contributed by atoms with Gasteiger partial charge in [0.2, 0.25) is 15.9 Å². The van der Waals surface area contributed by atoms with Gasteiger partial charge >= 0.3 is 0 Å². The first kappa shape index (κ1) is 16.1. The Morgan fingerprint density at radius 1 is 1.17 bits per heavy atom. The van der Waals surface area contributed by atoms with E-state index in [-0.39, 0.29) is 23.8 Å². The molecule has 24 heavy (non-hydrogen) atoms. The lowest BCUT2D eigenvalue weighted by atomic mass is 9.71. The van der Waals surface area contributed by atoms with Gasteiger partial charge < -0.3 is 5.32 Å². The van der Waals surface area contributed by atoms with E-state index in [1.165, 1.54) is 0 Å². The van der Waals surface area contributed by atoms with Crippen molar-refractivity contribution in [1.29, 1.82) is 0 Å². The molecule has 2 saturated carbocycles. The van der Waals surface area contributed by atoms with Crippen LogP contribution >= 0.6 is 0 Å². The Labute approximate surface area is 143 Å². The number of nitrogens with one attached hydrogen (secondary N) is 1. The normalized spacial score (nSPS) is 35.2. The fraction of sp³-hybridized carbons (Fsp3) is 0.611. The first-order chi connectivity index (χ1) is 11.4. The van der Waals surface area contributed by atoms with Crippen LogP contribution in [-0.4, -0.2) is 37.8 Å². The first-order valence-electron chi connectivity index (χ1n) is 8.73. The van der Waals surface area contributed by atoms with Crippen molar-refractivity contribution >= 4 is 15.9 Å². The van der Waals surface area contributed by atoms with Gasteiger partial charge in [0, 0.05) is 25.0 Å². The van der Waals surface area contributed by atoms with Gasteiger partial charge in [0.05, 0.1) is 4.90 Å². The van der Waals surface area contributed by atoms with Crippen LogP contribution in [-0.2, 0) is 14.8 Å². The number of amides is 1. The molecular weight excluding hydrogens is 324 g/mol. The van der Waals surface area contributed by atoms with E-state index in [9.17, 15) is 13.2 Å². The average molecular weight is 348 g/mol. The molecule has 1 aromatic rings. The Morgan fingerprint density at radius 2 is 1.83 bits per heavy atom. The molecule has 4 rings (SSSR count). The van der Waals surface area contributed by atoms with Crippen LogP contribution in [0.25, 0.3) is 0 Å². The van der Waals surface area contributed by atoms with Gasteiger partial charge in [-0.05, 0) is 49.7 Å². The maximum atomic E-state index is 12.8. The Kier molecular flexibility index (Phi) is 3.73. The largest absolute Gasteiger partial charge is 0.353 e. The SMILES string of the molecule is Cc1ccc(S(=O)(=O)N2C[C@H]3C[C@H](NC(=O)[C@H]4C[C@H]4C)[C@H]3C2)cc1. The fourth-order valence-electron chi connectivity index (χ4n) is 4.06. The lowest BCUT2D eigenvalue weighted by Gasteiger charge is -2.39. The Hall–Kier alpha value is -1.40. The summed E-state index contributed by atoms with van der Waals surface area (Å²) in [5.74, 6) is 1.49. The Balaban J connectivity index is 1.41. The van der Waals surface area contributed by atoms with Gasteiger partial charge in [0.15, 0.2) is 0 Å². The number of fused-ring (bicyclic) bond motifs is 1. The number of benzene rings is 1. The molecule has 3 aliphatic rings. The van der Waals surface area contributed by atoms with Gasteiger partial charge in [-0.2, -0.15) is 4.31 Å². The van der Waals surface area contributed by atoms with Crippen LogP contribution in [0.3, 0.4) is 0 Å². The van der Waals surface area contributed by atoms with Crippen LogP contribution in [0.5, 0.6) is 0 Å². The summed E-state index contributed by atoms with van der Waals surface area (Å²) in [5.41, 5.74) is 1.05. The smallest absolute Gasteiger partial charge is 0.243 e. The molecule has 5 atom stereocenters. The molecule has 2 aliphatic carbocycles. The van der Waals surface area contributed by atoms with Crippen LogP contribution in [0.15, 0.2) is 29.2 Å². The molecule has 0 bridgehead atoms. The Morgan fingerprint density at radius 3 is 2.46 bits per heavy atom. The number of nitrogens with zero attached hydrogens (tertiary/aromatic N) is 1. The maximum Gasteiger partial charge on any atom is 0.243 e. The number of aryl methyl sites for hydroxylation is 1. The number of hydrogen-bond donors (Lipinski definition) is 1. The zero-order valence-electron chi connectivity index (χ0n) is 14.1. The number of carbonyl (C=O) groups excluding carboxylic acids is 1. The molecule has 5 nitrogen and oxygen atoms in total. The molecule has 1 aliphatic heterocycles. The number of sulfonamides is 1. The summed E-state index contributed by atoms with van der Waals surface area (Å²) in [6, 6.07) is 7.17. The summed E-state index contributed by atoms with van der Waals surface area (Å²) in [4.78, 5) is 12.5. The van der Waals surface area contributed by atoms with E-state index in [0.29, 0.717) is 29.8 Å². The predicted octanol–water partition coefficient (Wildman–Crippen LogP) is 1.78. The van der Waals surface area contributed by atoms with Gasteiger partial charge in [-0.1, -0.05) is 24.6 Å². The highest BCUT2D eigenvalue weighted by Gasteiger charge is 2.51. The molecule has 0 aromatic heterocycles. The predicted molar refractivity (Wildman–Crippen MR) is 90.7 cm³/mol. The quantitative estimate of drug-likeness (QED) is 0.902. The molecule has 1 saturated heterocycles. The summed E-state index contributed by atoms with van der Waals surface area (Å²) in [5, 5.41) is 3.14. The van der Waals surface area contributed by atoms with E-state index in [1.807, 2.05) is 19.1 Å². The number of hydrogen-bond acceptors (Lipinski definition) is 3. The van der Waals surface area contributed by atoms with Crippen LogP contribution in [0.1, 0.15) is 25.3 Å². The van der Waals surface area contributed by atoms with E-state index >= 15 is 0 Å². The summed E-state index contributed by atoms with van der Waals surface area (Å²) in [7, 11) is -3.43. The zero-order chi connectivity index (χ0) is 17.1. The maximum absolute atomic E-state index is 12.8. The second kappa shape index (κ2) is 5.56. The van der Waals surface area contributed by atoms with Crippen LogP contribution in [0.2, 0.25) is 0 Å². The minimum absolute atomic E-state index is 0.147. The highest BCUT2D eigenvalue weighted by atomic mass is 32.2. The third-order valence-electron chi connectivity index (χ3n) is 5.96. The lowest BCUT2D eigenvalue weighted by Crippen LogP contribution is -2.52. The molecule has 6 heteroatoms. The molecular formula is C18H24N2O3S. The molecule has 130 valence electrons. The van der Waals surface area contributed by atoms with Crippen molar-refractivity contribution < 1.29 is 13.2 Å². The first-order valence-corrected chi connectivity index (χ1v) is 10.2. The third kappa shape index (κ3) is 2.65. The highest BCUT2D eigenvalue weighted by molar-refractivity contribution is 7.89. The van der Waals surface area contributed by atoms with Crippen LogP contribution < -0.4 is 5.32 Å². The molecule has 1 amide bonds. The summed E-state index contributed by atoms with van der Waals surface area (Å²) < 4.78 is 27.2. The van der Waals surface area contributed by atoms with Crippen molar-refractivity contribution in [3.05, 3.63) is 29.8 Å². The van der Waals surface area contributed by atoms with Gasteiger partial charge in [-0.25, -0.2) is 8.42 Å². The van der Waals surface area contributed by atoms with E-state index in [4.69, 9.17) is 0 Å². The minimum atomic E-state index is -3.43. The zero-order valence-corrected chi connectivity index (χ0v) is 14.9. The molecule has 0 radical (unpaired) electrons. The van der Waals surface area contributed by atoms with Gasteiger partial charge in [-0.3, -0.25) is 4.79 Å². The van der Waals surface area contributed by atoms with Gasteiger partial charge in [0.25, 0.3) is 0 Å². The minimum Gasteiger partial charge on any atom is -0.353 e. The third-order valence-corrected chi connectivity index (χ3v) is 7.81. The van der Waals surface area contributed by atoms with Gasteiger partial charge in [0.1, 0.15) is 0 Å². The molecule has 0 unspecified atom stereocenters. The second-order valence-electron chi connectivity index (χ2n) is 7.73. The van der Waals surface area contributed by atoms with E-state index in [2.05, 4.69) is 12.2 Å². The van der Waals surface area contributed by atoms with E-state index < -0.39 is 10.0 Å². The van der Waals surface area contributed by atoms with Crippen molar-refractivity contribution in [2.75, 3.05) is 13.1 Å². The fourth-order valence-corrected chi connectivity index (χ4v) is 5.60. The summed E-state index contributed by atoms with van der Waals surface area (Å²) in [6.45, 7) is 5.14. The molecule has 3 fully saturated rings.